The maximum atomic E-state index is 14.4. The van der Waals surface area contributed by atoms with Gasteiger partial charge in [-0.25, -0.2) is 13.8 Å². The second-order valence-electron chi connectivity index (χ2n) is 8.53. The van der Waals surface area contributed by atoms with E-state index in [0.29, 0.717) is 16.8 Å². The lowest BCUT2D eigenvalue weighted by atomic mass is 9.98. The molecule has 0 bridgehead atoms. The van der Waals surface area contributed by atoms with Gasteiger partial charge in [0.15, 0.2) is 0 Å². The first kappa shape index (κ1) is 34.9. The number of nitrogens with two attached hydrogens (primary N) is 1. The van der Waals surface area contributed by atoms with Crippen molar-refractivity contribution in [2.75, 3.05) is 12.8 Å². The fraction of sp³-hybridized carbons (Fsp3) is 0.393. The van der Waals surface area contributed by atoms with Crippen LogP contribution in [0.2, 0.25) is 0 Å². The summed E-state index contributed by atoms with van der Waals surface area (Å²) in [6, 6.07) is 8.54. The average Bonchev–Trinajstić information content (AvgIpc) is 2.93. The lowest BCUT2D eigenvalue weighted by Gasteiger charge is -2.14. The van der Waals surface area contributed by atoms with E-state index in [4.69, 9.17) is 20.6 Å². The summed E-state index contributed by atoms with van der Waals surface area (Å²) < 4.78 is 31.7. The first-order valence-corrected chi connectivity index (χ1v) is 14.1. The molecule has 0 aliphatic heterocycles. The minimum absolute atomic E-state index is 0.0359. The number of aromatic nitrogens is 2. The van der Waals surface area contributed by atoms with Crippen LogP contribution in [0.4, 0.5) is 14.6 Å². The summed E-state index contributed by atoms with van der Waals surface area (Å²) in [6.45, 7) is 5.85. The van der Waals surface area contributed by atoms with Gasteiger partial charge in [-0.2, -0.15) is 0 Å². The van der Waals surface area contributed by atoms with Gasteiger partial charge >= 0.3 is 8.60 Å². The molecule has 0 unspecified atom stereocenters. The smallest absolute Gasteiger partial charge is 0.326 e. The number of nitrogen functional groups attached to an aromatic ring is 1. The Morgan fingerprint density at radius 3 is 2.20 bits per heavy atom. The Balaban J connectivity index is 0.000000471. The van der Waals surface area contributed by atoms with E-state index >= 15 is 0 Å². The molecule has 2 aromatic carbocycles. The zero-order valence-electron chi connectivity index (χ0n) is 23.3. The first-order chi connectivity index (χ1) is 19.1. The number of benzene rings is 2. The zero-order valence-corrected chi connectivity index (χ0v) is 24.2. The van der Waals surface area contributed by atoms with Crippen molar-refractivity contribution in [3.8, 4) is 11.3 Å². The third-order valence-corrected chi connectivity index (χ3v) is 5.83. The predicted octanol–water partition coefficient (Wildman–Crippen LogP) is 5.42. The van der Waals surface area contributed by atoms with Crippen LogP contribution in [0.1, 0.15) is 67.4 Å². The van der Waals surface area contributed by atoms with Crippen molar-refractivity contribution >= 4 is 20.3 Å². The van der Waals surface area contributed by atoms with Crippen molar-refractivity contribution in [3.63, 3.8) is 0 Å². The summed E-state index contributed by atoms with van der Waals surface area (Å²) in [5.41, 5.74) is 7.71. The highest BCUT2D eigenvalue weighted by Crippen LogP contribution is 2.24. The molecule has 220 valence electrons. The molecular weight excluding hydrogens is 541 g/mol. The van der Waals surface area contributed by atoms with E-state index in [1.54, 1.807) is 19.1 Å². The van der Waals surface area contributed by atoms with Crippen LogP contribution < -0.4 is 11.1 Å². The fourth-order valence-electron chi connectivity index (χ4n) is 3.69. The molecule has 1 aliphatic rings. The van der Waals surface area contributed by atoms with E-state index in [1.807, 2.05) is 13.8 Å². The van der Waals surface area contributed by atoms with Crippen LogP contribution in [-0.4, -0.2) is 44.0 Å². The second-order valence-corrected chi connectivity index (χ2v) is 9.40. The number of aliphatic hydroxyl groups excluding tert-OH is 1. The summed E-state index contributed by atoms with van der Waals surface area (Å²) in [5, 5.41) is 11.5. The van der Waals surface area contributed by atoms with Crippen LogP contribution in [0.5, 0.6) is 0 Å². The van der Waals surface area contributed by atoms with Gasteiger partial charge in [-0.1, -0.05) is 45.2 Å². The van der Waals surface area contributed by atoms with Crippen molar-refractivity contribution in [1.29, 1.82) is 0 Å². The Hall–Kier alpha value is -3.08. The normalized spacial score (nSPS) is 12.7. The molecule has 1 heterocycles. The van der Waals surface area contributed by atoms with Gasteiger partial charge in [-0.15, -0.1) is 0 Å². The number of nitrogens with one attached hydrogen (secondary N) is 1. The molecule has 0 saturated heterocycles. The molecule has 1 amide bonds. The van der Waals surface area contributed by atoms with Gasteiger partial charge in [0.1, 0.15) is 23.1 Å². The maximum Gasteiger partial charge on any atom is 0.326 e. The Bertz CT molecular complexity index is 1160. The molecule has 6 N–H and O–H groups in total. The Morgan fingerprint density at radius 1 is 1.07 bits per heavy atom. The molecule has 9 nitrogen and oxygen atoms in total. The first-order valence-electron chi connectivity index (χ1n) is 12.9. The minimum Gasteiger partial charge on any atom is -0.393 e. The van der Waals surface area contributed by atoms with E-state index in [2.05, 4.69) is 19.8 Å². The number of aryl methyl sites for hydroxylation is 1. The lowest BCUT2D eigenvalue weighted by Crippen LogP contribution is -2.24. The van der Waals surface area contributed by atoms with Gasteiger partial charge < -0.3 is 30.5 Å². The number of nitrogens with zero attached hydrogens (tertiary/aromatic N) is 2. The quantitative estimate of drug-likeness (QED) is 0.251. The maximum absolute atomic E-state index is 14.4. The van der Waals surface area contributed by atoms with Crippen LogP contribution in [0.15, 0.2) is 48.8 Å². The largest absolute Gasteiger partial charge is 0.393 e. The van der Waals surface area contributed by atoms with Gasteiger partial charge in [0.25, 0.3) is 5.91 Å². The molecule has 1 aliphatic carbocycles. The standard InChI is InChI=1S/C19H16F2N4O.C6H12O.C2H6.CH5O3P/c1-11-6-12(8-14(20)7-11)10-25-19(26)15-3-2-13(9-16(15)21)17-18(22)24-5-4-23-17;7-6-4-2-1-3-5-6;1-2;1-4-5(2)3/h2-9H,10H2,1H3,(H2,22,24)(H,25,26);6-7H,1-5H2;1-2H3;2-3H,1H3. The third kappa shape index (κ3) is 12.8. The van der Waals surface area contributed by atoms with Crippen molar-refractivity contribution in [1.82, 2.24) is 15.3 Å². The lowest BCUT2D eigenvalue weighted by molar-refractivity contribution is 0.0946. The van der Waals surface area contributed by atoms with Crippen LogP contribution in [-0.2, 0) is 11.1 Å². The molecule has 0 spiro atoms. The van der Waals surface area contributed by atoms with Gasteiger partial charge in [0.2, 0.25) is 0 Å². The van der Waals surface area contributed by atoms with E-state index in [1.165, 1.54) is 63.0 Å². The Morgan fingerprint density at radius 2 is 1.70 bits per heavy atom. The molecule has 1 saturated carbocycles. The third-order valence-electron chi connectivity index (χ3n) is 5.51. The molecule has 12 heteroatoms. The molecule has 3 aromatic rings. The SMILES string of the molecule is CC.COP(O)O.Cc1cc(F)cc(CNC(=O)c2ccc(-c3nccnc3N)cc2F)c1.OC1CCCCC1. The molecule has 0 radical (unpaired) electrons. The molecule has 0 atom stereocenters. The number of rotatable bonds is 5. The minimum atomic E-state index is -2.10. The predicted molar refractivity (Wildman–Crippen MR) is 153 cm³/mol. The van der Waals surface area contributed by atoms with Crippen LogP contribution in [0, 0.1) is 18.6 Å². The van der Waals surface area contributed by atoms with Gasteiger partial charge in [-0.3, -0.25) is 9.78 Å². The van der Waals surface area contributed by atoms with Crippen molar-refractivity contribution < 1.29 is 33.0 Å². The average molecular weight is 581 g/mol. The molecule has 1 fully saturated rings. The van der Waals surface area contributed by atoms with E-state index in [-0.39, 0.29) is 29.8 Å². The number of carbonyl (C=O) groups excluding carboxylic acids is 1. The van der Waals surface area contributed by atoms with E-state index in [0.717, 1.165) is 18.4 Å². The number of anilines is 1. The van der Waals surface area contributed by atoms with Crippen LogP contribution in [0.25, 0.3) is 11.3 Å². The van der Waals surface area contributed by atoms with Crippen LogP contribution >= 0.6 is 8.60 Å². The highest BCUT2D eigenvalue weighted by Gasteiger charge is 2.14. The summed E-state index contributed by atoms with van der Waals surface area (Å²) in [4.78, 5) is 35.7. The number of hydrogen-bond donors (Lipinski definition) is 5. The molecule has 4 rings (SSSR count). The zero-order chi connectivity index (χ0) is 30.1. The monoisotopic (exact) mass is 580 g/mol. The Labute approximate surface area is 235 Å². The van der Waals surface area contributed by atoms with Crippen molar-refractivity contribution in [2.24, 2.45) is 0 Å². The second kappa shape index (κ2) is 19.1. The van der Waals surface area contributed by atoms with Gasteiger partial charge in [-0.05, 0) is 55.2 Å². The fourth-order valence-corrected chi connectivity index (χ4v) is 3.69. The summed E-state index contributed by atoms with van der Waals surface area (Å²) in [7, 11) is -0.870. The molecule has 1 aromatic heterocycles. The van der Waals surface area contributed by atoms with Crippen molar-refractivity contribution in [3.05, 3.63) is 77.1 Å². The van der Waals surface area contributed by atoms with Crippen molar-refractivity contribution in [2.45, 2.75) is 65.5 Å². The molecular formula is C28H39F2N4O5P. The van der Waals surface area contributed by atoms with Gasteiger partial charge in [0, 0.05) is 31.6 Å². The summed E-state index contributed by atoms with van der Waals surface area (Å²) >= 11 is 0. The van der Waals surface area contributed by atoms with Crippen LogP contribution in [0.3, 0.4) is 0 Å². The van der Waals surface area contributed by atoms with E-state index in [9.17, 15) is 13.6 Å². The van der Waals surface area contributed by atoms with E-state index < -0.39 is 20.3 Å². The summed E-state index contributed by atoms with van der Waals surface area (Å²) in [6.07, 6.45) is 8.81. The number of amides is 1. The number of carbonyl (C=O) groups is 1. The highest BCUT2D eigenvalue weighted by atomic mass is 31.2. The van der Waals surface area contributed by atoms with Gasteiger partial charge in [0.05, 0.1) is 11.7 Å². The topological polar surface area (TPSA) is 151 Å². The highest BCUT2D eigenvalue weighted by molar-refractivity contribution is 7.39. The molecule has 40 heavy (non-hydrogen) atoms. The Kier molecular flexibility index (Phi) is 16.7. The number of halogens is 2. The summed E-state index contributed by atoms with van der Waals surface area (Å²) in [5.74, 6) is -1.51. The number of hydrogen-bond acceptors (Lipinski definition) is 8. The number of aliphatic hydroxyl groups is 1.